The van der Waals surface area contributed by atoms with Crippen molar-refractivity contribution in [1.29, 1.82) is 0 Å². The van der Waals surface area contributed by atoms with Crippen molar-refractivity contribution >= 4 is 281 Å². The van der Waals surface area contributed by atoms with Crippen LogP contribution < -0.4 is 0 Å². The van der Waals surface area contributed by atoms with E-state index < -0.39 is 84.5 Å². The van der Waals surface area contributed by atoms with E-state index in [1.807, 2.05) is 0 Å². The molecule has 0 aromatic carbocycles. The number of carbonyl (C=O) groups is 7. The Morgan fingerprint density at radius 1 is 0.275 bits per heavy atom. The minimum Gasteiger partial charge on any atom is -0.786 e. The Hall–Kier alpha value is -3.99. The van der Waals surface area contributed by atoms with E-state index in [0.717, 1.165) is 26.7 Å². The maximum absolute atomic E-state index is 11.3. The summed E-state index contributed by atoms with van der Waals surface area (Å²) in [5.41, 5.74) is 2.00. The van der Waals surface area contributed by atoms with Crippen molar-refractivity contribution < 1.29 is 102 Å². The number of hydrogen-bond donors (Lipinski definition) is 7. The molecule has 0 saturated carbocycles. The predicted molar refractivity (Wildman–Crippen MR) is 483 cm³/mol. The summed E-state index contributed by atoms with van der Waals surface area (Å²) in [6.07, 6.45) is -5.68. The summed E-state index contributed by atoms with van der Waals surface area (Å²) in [5.74, 6) is -1.01. The van der Waals surface area contributed by atoms with Crippen molar-refractivity contribution in [2.75, 3.05) is 86.5 Å². The monoisotopic (exact) mass is 2050 g/mol. The summed E-state index contributed by atoms with van der Waals surface area (Å²) in [4.78, 5) is 79.2. The van der Waals surface area contributed by atoms with Crippen LogP contribution in [0.1, 0.15) is 53.5 Å². The molecule has 7 aromatic heterocycles. The number of rotatable bonds is 52. The van der Waals surface area contributed by atoms with Gasteiger partial charge in [-0.25, -0.2) is 33.6 Å². The normalized spacial score (nSPS) is 12.6. The fourth-order valence-corrected chi connectivity index (χ4v) is 27.7. The second-order valence-corrected chi connectivity index (χ2v) is 47.6. The number of aliphatic hydroxyl groups excluding tert-OH is 7. The van der Waals surface area contributed by atoms with Gasteiger partial charge in [0.2, 0.25) is 0 Å². The third kappa shape index (κ3) is 48.1. The van der Waals surface area contributed by atoms with Crippen LogP contribution in [0.4, 0.5) is 0 Å². The lowest BCUT2D eigenvalue weighted by atomic mass is 10.3. The third-order valence-corrected chi connectivity index (χ3v) is 35.9. The van der Waals surface area contributed by atoms with Crippen LogP contribution in [0.15, 0.2) is 141 Å². The van der Waals surface area contributed by atoms with Crippen LogP contribution in [0.3, 0.4) is 0 Å². The molecule has 0 radical (unpaired) electrons. The molecule has 0 aliphatic rings. The number of esters is 7. The van der Waals surface area contributed by atoms with E-state index in [1.54, 1.807) is 34.6 Å². The molecule has 35 nitrogen and oxygen atoms in total. The minimum atomic E-state index is -0.833. The van der Waals surface area contributed by atoms with Crippen LogP contribution >= 0.6 is 226 Å². The first-order valence-electron chi connectivity index (χ1n) is 33.3. The van der Waals surface area contributed by atoms with Crippen molar-refractivity contribution in [2.45, 2.75) is 153 Å². The predicted octanol–water partition coefficient (Wildman–Crippen LogP) is 11.2. The lowest BCUT2D eigenvalue weighted by Crippen LogP contribution is -2.21. The Kier molecular flexibility index (Phi) is 54.8. The molecule has 0 aliphatic heterocycles. The fraction of sp³-hybridized carbons (Fsp3) is 0.453. The standard InChI is InChI=1S/C18H22N4O6S7.C18H22N4O6S6.C18H22N4O6S5.C10H14N2O3S3/c1-9(2)13(25)27-5-11(23)7-29-15-19-21-17(31-15)33-35-34-18-22-20-16(32-18)30-8-12(24)6-28-14(26)10(3)4;1-9(2)13(25)27-5-11(23)7-29-15-19-21-17(31-15)33-34-18-22-20-16(32-18)30-8-12(24)6-28-14(26)10(3)4;1-9(2)13(25)27-5-11(23)7-29-15-19-21-17(31-15)33-18-22-20-16(32-18)30-8-12(24)6-28-14(26)10(3)4;1-6(2)9(14)15-3-7(13)5-17-10-12-11-8(4-16)18-10/h11-12,23-24H,1,3,5-8H2,2,4H3;11-12,23-24H,1,3,5-8H2,2,4H3;11-12,23-24H,1,3,5-8H2,2,4H3;7,13,16H,1,3-5H2,2H3/p-1. The summed E-state index contributed by atoms with van der Waals surface area (Å²) in [6, 6.07) is 0. The van der Waals surface area contributed by atoms with Gasteiger partial charge in [0.25, 0.3) is 0 Å². The Labute approximate surface area is 776 Å². The minimum absolute atomic E-state index is 0.0502. The molecule has 0 saturated heterocycles. The Morgan fingerprint density at radius 3 is 0.633 bits per heavy atom. The molecule has 658 valence electrons. The first-order chi connectivity index (χ1) is 56.9. The van der Waals surface area contributed by atoms with Crippen LogP contribution in [0.25, 0.3) is 0 Å². The zero-order valence-electron chi connectivity index (χ0n) is 64.3. The summed E-state index contributed by atoms with van der Waals surface area (Å²) in [5, 5.41) is 127. The van der Waals surface area contributed by atoms with Crippen molar-refractivity contribution in [2.24, 2.45) is 0 Å². The highest BCUT2D eigenvalue weighted by Gasteiger charge is 2.22. The van der Waals surface area contributed by atoms with Gasteiger partial charge in [0.15, 0.2) is 56.4 Å². The maximum atomic E-state index is 11.3. The number of aromatic nitrogens is 14. The van der Waals surface area contributed by atoms with E-state index in [-0.39, 0.29) is 79.7 Å². The van der Waals surface area contributed by atoms with Crippen LogP contribution in [0, 0.1) is 0 Å². The summed E-state index contributed by atoms with van der Waals surface area (Å²) >= 11 is 25.1. The van der Waals surface area contributed by atoms with Crippen molar-refractivity contribution in [3.8, 4) is 0 Å². The lowest BCUT2D eigenvalue weighted by molar-refractivity contribution is -0.142. The molecule has 0 spiro atoms. The van der Waals surface area contributed by atoms with Crippen molar-refractivity contribution in [3.63, 3.8) is 0 Å². The van der Waals surface area contributed by atoms with E-state index in [0.29, 0.717) is 86.3 Å². The van der Waals surface area contributed by atoms with Crippen LogP contribution in [-0.4, -0.2) is 278 Å². The number of hydrogen-bond acceptors (Lipinski definition) is 56. The lowest BCUT2D eigenvalue weighted by Gasteiger charge is -2.09. The molecule has 0 bridgehead atoms. The van der Waals surface area contributed by atoms with Crippen LogP contribution in [-0.2, 0) is 85.1 Å². The molecule has 7 N–H and O–H groups in total. The second kappa shape index (κ2) is 60.6. The molecule has 56 heteroatoms. The van der Waals surface area contributed by atoms with Gasteiger partial charge in [-0.1, -0.05) is 208 Å². The molecule has 120 heavy (non-hydrogen) atoms. The number of aliphatic hydroxyl groups is 7. The molecule has 0 aliphatic carbocycles. The zero-order valence-corrected chi connectivity index (χ0v) is 81.4. The first-order valence-corrected chi connectivity index (χ1v) is 53.0. The van der Waals surface area contributed by atoms with Crippen molar-refractivity contribution in [3.05, 3.63) is 90.1 Å². The molecule has 7 aromatic rings. The van der Waals surface area contributed by atoms with Gasteiger partial charge >= 0.3 is 41.8 Å². The first kappa shape index (κ1) is 108. The molecule has 7 unspecified atom stereocenters. The average molecular weight is 2050 g/mol. The van der Waals surface area contributed by atoms with E-state index in [1.165, 1.54) is 240 Å². The number of nitrogens with zero attached hydrogens (tertiary/aromatic N) is 14. The average Bonchev–Trinajstić information content (AvgIpc) is 1.73. The largest absolute Gasteiger partial charge is 0.786 e. The van der Waals surface area contributed by atoms with Crippen LogP contribution in [0.2, 0.25) is 0 Å². The third-order valence-electron chi connectivity index (χ3n) is 11.6. The number of carbonyl (C=O) groups excluding carboxylic acids is 7. The van der Waals surface area contributed by atoms with Gasteiger partial charge in [0.1, 0.15) is 46.2 Å². The van der Waals surface area contributed by atoms with Gasteiger partial charge in [-0.05, 0) is 113 Å². The van der Waals surface area contributed by atoms with E-state index in [9.17, 15) is 69.3 Å². The highest BCUT2D eigenvalue weighted by Crippen LogP contribution is 2.48. The topological polar surface area (TPSA) is 506 Å². The Bertz CT molecular complexity index is 4260. The second-order valence-electron chi connectivity index (χ2n) is 23.0. The quantitative estimate of drug-likeness (QED) is 0.00465. The Morgan fingerprint density at radius 2 is 0.442 bits per heavy atom. The molecule has 7 rings (SSSR count). The fourth-order valence-electron chi connectivity index (χ4n) is 5.90. The summed E-state index contributed by atoms with van der Waals surface area (Å²) < 4.78 is 43.4. The summed E-state index contributed by atoms with van der Waals surface area (Å²) in [7, 11) is 7.11. The van der Waals surface area contributed by atoms with Crippen molar-refractivity contribution in [1.82, 2.24) is 71.4 Å². The maximum Gasteiger partial charge on any atom is 0.333 e. The van der Waals surface area contributed by atoms with E-state index in [4.69, 9.17) is 45.8 Å². The van der Waals surface area contributed by atoms with E-state index >= 15 is 0 Å². The number of ether oxygens (including phenoxy) is 7. The molecular formula is C64H79N14O21S21-. The van der Waals surface area contributed by atoms with Crippen LogP contribution in [0.5, 0.6) is 0 Å². The van der Waals surface area contributed by atoms with Gasteiger partial charge in [-0.2, -0.15) is 0 Å². The van der Waals surface area contributed by atoms with Gasteiger partial charge in [0.05, 0.1) is 47.7 Å². The van der Waals surface area contributed by atoms with Gasteiger partial charge < -0.3 is 81.5 Å². The Balaban J connectivity index is 0.000000344. The zero-order chi connectivity index (χ0) is 88.8. The molecule has 0 amide bonds. The molecular weight excluding hydrogens is 1970 g/mol. The van der Waals surface area contributed by atoms with Gasteiger partial charge in [0, 0.05) is 79.3 Å². The smallest absolute Gasteiger partial charge is 0.333 e. The molecule has 7 atom stereocenters. The highest BCUT2D eigenvalue weighted by molar-refractivity contribution is 9.09. The van der Waals surface area contributed by atoms with E-state index in [2.05, 4.69) is 117 Å². The molecule has 0 fully saturated rings. The highest BCUT2D eigenvalue weighted by atomic mass is 33.5. The number of thioether (sulfide) groups is 7. The van der Waals surface area contributed by atoms with Gasteiger partial charge in [-0.15, -0.1) is 77.1 Å². The van der Waals surface area contributed by atoms with Gasteiger partial charge in [-0.3, -0.25) is 0 Å². The SMILES string of the molecule is C=C(C)C(=O)OCC(O)CSc1nnc(C[S-])s1.C=C(C)C(=O)OCC(O)CSc1nnc(SSSc2nnc(SCC(O)COC(=O)C(=C)C)s2)s1.C=C(C)C(=O)OCC(O)CSc1nnc(SSc2nnc(SCC(O)COC(=O)C(=C)C)s2)s1.C=C(C)C(=O)OCC(O)CSc1nnc(Sc2nnc(SCC(O)COC(=O)C(=C)C)s2)s1. The summed E-state index contributed by atoms with van der Waals surface area (Å²) in [6.45, 7) is 34.5. The molecule has 7 heterocycles.